The predicted octanol–water partition coefficient (Wildman–Crippen LogP) is 16.3. The first-order valence-electron chi connectivity index (χ1n) is 21.5. The van der Waals surface area contributed by atoms with Gasteiger partial charge in [0.1, 0.15) is 22.3 Å². The number of nitrogens with zero attached hydrogens (tertiary/aromatic N) is 4. The fourth-order valence-electron chi connectivity index (χ4n) is 9.33. The van der Waals surface area contributed by atoms with Crippen molar-refractivity contribution in [2.75, 3.05) is 9.80 Å². The molecule has 6 heteroatoms. The molecule has 64 heavy (non-hydrogen) atoms. The van der Waals surface area contributed by atoms with Crippen LogP contribution in [0.15, 0.2) is 154 Å². The third-order valence-electron chi connectivity index (χ3n) is 13.3. The number of benzene rings is 9. The third kappa shape index (κ3) is 6.31. The maximum atomic E-state index is 9.52. The van der Waals surface area contributed by atoms with E-state index in [-0.39, 0.29) is 0 Å². The summed E-state index contributed by atoms with van der Waals surface area (Å²) in [6.45, 7) is 12.9. The van der Waals surface area contributed by atoms with Crippen molar-refractivity contribution in [3.8, 4) is 12.1 Å². The van der Waals surface area contributed by atoms with Crippen LogP contribution in [0.5, 0.6) is 0 Å². The molecule has 0 radical (unpaired) electrons. The minimum Gasteiger partial charge on any atom is -0.456 e. The largest absolute Gasteiger partial charge is 0.456 e. The van der Waals surface area contributed by atoms with E-state index >= 15 is 0 Å². The van der Waals surface area contributed by atoms with Crippen molar-refractivity contribution in [1.82, 2.24) is 0 Å². The molecular weight excluding hydrogens is 785 g/mol. The monoisotopic (exact) mass is 826 g/mol. The van der Waals surface area contributed by atoms with Crippen LogP contribution in [-0.2, 0) is 0 Å². The Morgan fingerprint density at radius 3 is 1.02 bits per heavy atom. The molecule has 0 amide bonds. The lowest BCUT2D eigenvalue weighted by Crippen LogP contribution is -2.11. The average Bonchev–Trinajstić information content (AvgIpc) is 3.83. The zero-order valence-corrected chi connectivity index (χ0v) is 36.5. The predicted molar refractivity (Wildman–Crippen MR) is 263 cm³/mol. The van der Waals surface area contributed by atoms with Crippen LogP contribution in [0.25, 0.3) is 65.4 Å². The van der Waals surface area contributed by atoms with Gasteiger partial charge in [-0.2, -0.15) is 10.5 Å². The zero-order valence-electron chi connectivity index (χ0n) is 36.5. The van der Waals surface area contributed by atoms with Gasteiger partial charge in [0.05, 0.1) is 23.3 Å². The summed E-state index contributed by atoms with van der Waals surface area (Å²) in [4.78, 5) is 4.51. The van der Waals surface area contributed by atoms with Crippen molar-refractivity contribution >= 4 is 99.5 Å². The fourth-order valence-corrected chi connectivity index (χ4v) is 9.33. The van der Waals surface area contributed by atoms with Gasteiger partial charge in [0.25, 0.3) is 0 Å². The van der Waals surface area contributed by atoms with Gasteiger partial charge in [-0.1, -0.05) is 12.1 Å². The summed E-state index contributed by atoms with van der Waals surface area (Å²) >= 11 is 0. The molecule has 306 valence electrons. The first kappa shape index (κ1) is 38.6. The molecule has 0 saturated carbocycles. The van der Waals surface area contributed by atoms with Crippen LogP contribution in [0.4, 0.5) is 34.1 Å². The minimum atomic E-state index is 0.626. The van der Waals surface area contributed by atoms with Crippen LogP contribution < -0.4 is 9.80 Å². The van der Waals surface area contributed by atoms with E-state index in [1.54, 1.807) is 0 Å². The van der Waals surface area contributed by atoms with Crippen LogP contribution in [0.2, 0.25) is 0 Å². The summed E-state index contributed by atoms with van der Waals surface area (Å²) in [7, 11) is 0. The SMILES string of the molecule is Cc1cc(N(c2ccc(C#N)cc2)c2ccc3cc4c(cc3c2)oc2cc3c(cc24)oc2cc4cc(N(c5ccc(C#N)cc5)c5cc(C)c(C)c(C)c5)ccc4cc23)cc(C)c1C. The van der Waals surface area contributed by atoms with E-state index in [9.17, 15) is 10.5 Å². The summed E-state index contributed by atoms with van der Waals surface area (Å²) in [5, 5.41) is 27.4. The maximum absolute atomic E-state index is 9.52. The van der Waals surface area contributed by atoms with Gasteiger partial charge in [-0.05, 0) is 230 Å². The van der Waals surface area contributed by atoms with Gasteiger partial charge in [0, 0.05) is 55.7 Å². The van der Waals surface area contributed by atoms with Gasteiger partial charge in [0.2, 0.25) is 0 Å². The molecule has 0 aliphatic carbocycles. The normalized spacial score (nSPS) is 11.6. The number of furan rings is 2. The lowest BCUT2D eigenvalue weighted by molar-refractivity contribution is 0.664. The summed E-state index contributed by atoms with van der Waals surface area (Å²) in [6, 6.07) is 55.0. The smallest absolute Gasteiger partial charge is 0.136 e. The minimum absolute atomic E-state index is 0.626. The highest BCUT2D eigenvalue weighted by Crippen LogP contribution is 2.43. The molecule has 0 spiro atoms. The molecule has 2 heterocycles. The van der Waals surface area contributed by atoms with Gasteiger partial charge >= 0.3 is 0 Å². The highest BCUT2D eigenvalue weighted by Gasteiger charge is 2.20. The topological polar surface area (TPSA) is 80.3 Å². The highest BCUT2D eigenvalue weighted by molar-refractivity contribution is 6.18. The van der Waals surface area contributed by atoms with E-state index in [4.69, 9.17) is 8.83 Å². The number of rotatable bonds is 6. The Hall–Kier alpha value is -8.32. The molecule has 0 fully saturated rings. The molecule has 0 N–H and O–H groups in total. The Morgan fingerprint density at radius 1 is 0.328 bits per heavy atom. The van der Waals surface area contributed by atoms with Crippen molar-refractivity contribution in [2.24, 2.45) is 0 Å². The van der Waals surface area contributed by atoms with Gasteiger partial charge < -0.3 is 18.6 Å². The van der Waals surface area contributed by atoms with Gasteiger partial charge in [-0.3, -0.25) is 0 Å². The van der Waals surface area contributed by atoms with Crippen LogP contribution in [-0.4, -0.2) is 0 Å². The number of hydrogen-bond acceptors (Lipinski definition) is 6. The molecule has 0 atom stereocenters. The van der Waals surface area contributed by atoms with E-state index in [1.807, 2.05) is 48.5 Å². The van der Waals surface area contributed by atoms with Crippen molar-refractivity contribution in [3.63, 3.8) is 0 Å². The number of aryl methyl sites for hydroxylation is 4. The van der Waals surface area contributed by atoms with Crippen molar-refractivity contribution in [1.29, 1.82) is 10.5 Å². The Bertz CT molecular complexity index is 3520. The van der Waals surface area contributed by atoms with E-state index in [0.717, 1.165) is 99.5 Å². The van der Waals surface area contributed by atoms with Crippen molar-refractivity contribution in [3.05, 3.63) is 190 Å². The molecule has 9 aromatic carbocycles. The number of fused-ring (bicyclic) bond motifs is 8. The quantitative estimate of drug-likeness (QED) is 0.166. The van der Waals surface area contributed by atoms with Crippen LogP contribution in [0, 0.1) is 64.2 Å². The van der Waals surface area contributed by atoms with E-state index < -0.39 is 0 Å². The average molecular weight is 827 g/mol. The molecule has 0 unspecified atom stereocenters. The van der Waals surface area contributed by atoms with Crippen LogP contribution in [0.3, 0.4) is 0 Å². The summed E-state index contributed by atoms with van der Waals surface area (Å²) < 4.78 is 13.3. The molecule has 0 bridgehead atoms. The van der Waals surface area contributed by atoms with Crippen molar-refractivity contribution in [2.45, 2.75) is 41.5 Å². The molecule has 11 rings (SSSR count). The molecular formula is C58H42N4O2. The molecule has 0 saturated heterocycles. The first-order valence-corrected chi connectivity index (χ1v) is 21.5. The van der Waals surface area contributed by atoms with Gasteiger partial charge in [0.15, 0.2) is 0 Å². The number of nitriles is 2. The summed E-state index contributed by atoms with van der Waals surface area (Å²) in [6.07, 6.45) is 0. The van der Waals surface area contributed by atoms with Crippen LogP contribution >= 0.6 is 0 Å². The van der Waals surface area contributed by atoms with Crippen LogP contribution in [0.1, 0.15) is 44.5 Å². The maximum Gasteiger partial charge on any atom is 0.136 e. The molecule has 2 aromatic heterocycles. The lowest BCUT2D eigenvalue weighted by Gasteiger charge is -2.27. The second-order valence-corrected chi connectivity index (χ2v) is 17.2. The number of anilines is 6. The van der Waals surface area contributed by atoms with Gasteiger partial charge in [-0.15, -0.1) is 0 Å². The Morgan fingerprint density at radius 2 is 0.656 bits per heavy atom. The fraction of sp³-hybridized carbons (Fsp3) is 0.103. The lowest BCUT2D eigenvalue weighted by atomic mass is 10.0. The third-order valence-corrected chi connectivity index (χ3v) is 13.3. The van der Waals surface area contributed by atoms with E-state index in [1.165, 1.54) is 33.4 Å². The second kappa shape index (κ2) is 14.7. The zero-order chi connectivity index (χ0) is 44.0. The van der Waals surface area contributed by atoms with E-state index in [2.05, 4.69) is 161 Å². The summed E-state index contributed by atoms with van der Waals surface area (Å²) in [5.41, 5.74) is 18.1. The standard InChI is InChI=1S/C58H42N4O2/c1-33-19-49(20-34(2)37(33)5)61(45-13-7-39(31-59)8-14-45)47-17-11-41-25-51-53-29-58-54(30-57(53)63-55(51)27-43(41)23-47)52-26-42-12-18-48(24-44(42)28-56(52)64-58)62(46-15-9-40(32-60)10-16-46)50-21-35(3)38(6)36(4)22-50/h7-30H,1-6H3. The molecule has 0 aliphatic rings. The Balaban J connectivity index is 0.999. The molecule has 6 nitrogen and oxygen atoms in total. The highest BCUT2D eigenvalue weighted by atomic mass is 16.3. The molecule has 0 aliphatic heterocycles. The van der Waals surface area contributed by atoms with E-state index in [0.29, 0.717) is 11.1 Å². The number of hydrogen-bond donors (Lipinski definition) is 0. The Labute approximate surface area is 371 Å². The Kier molecular flexibility index (Phi) is 8.84. The molecule has 11 aromatic rings. The summed E-state index contributed by atoms with van der Waals surface area (Å²) in [5.74, 6) is 0. The van der Waals surface area contributed by atoms with Crippen molar-refractivity contribution < 1.29 is 8.83 Å². The van der Waals surface area contributed by atoms with Gasteiger partial charge in [-0.25, -0.2) is 0 Å². The first-order chi connectivity index (χ1) is 31.0. The second-order valence-electron chi connectivity index (χ2n) is 17.2.